The Bertz CT molecular complexity index is 2700. The first-order valence-corrected chi connectivity index (χ1v) is 19.3. The lowest BCUT2D eigenvalue weighted by atomic mass is 9.45. The van der Waals surface area contributed by atoms with Gasteiger partial charge in [0.15, 0.2) is 0 Å². The Morgan fingerprint density at radius 3 is 1.71 bits per heavy atom. The predicted molar refractivity (Wildman–Crippen MR) is 227 cm³/mol. The molecule has 0 amide bonds. The molecule has 0 fully saturated rings. The minimum atomic E-state index is -0.00629. The Labute approximate surface area is 311 Å². The van der Waals surface area contributed by atoms with Crippen LogP contribution < -0.4 is 10.9 Å². The van der Waals surface area contributed by atoms with Crippen molar-refractivity contribution in [2.24, 2.45) is 0 Å². The Morgan fingerprint density at radius 2 is 1.08 bits per heavy atom. The lowest BCUT2D eigenvalue weighted by Gasteiger charge is -2.36. The fraction of sp³-hybridized carbons (Fsp3) is 0.347. The van der Waals surface area contributed by atoms with Crippen LogP contribution in [0.4, 0.5) is 0 Å². The summed E-state index contributed by atoms with van der Waals surface area (Å²) in [4.78, 5) is 0. The van der Waals surface area contributed by atoms with Crippen LogP contribution >= 0.6 is 0 Å². The van der Waals surface area contributed by atoms with E-state index in [1.54, 1.807) is 0 Å². The molecule has 2 aromatic heterocycles. The van der Waals surface area contributed by atoms with Gasteiger partial charge in [0.1, 0.15) is 0 Å². The second-order valence-electron chi connectivity index (χ2n) is 19.5. The van der Waals surface area contributed by atoms with Gasteiger partial charge in [-0.15, -0.1) is 0 Å². The third-order valence-electron chi connectivity index (χ3n) is 12.4. The summed E-state index contributed by atoms with van der Waals surface area (Å²) in [5.74, 6) is 0. The van der Waals surface area contributed by atoms with Gasteiger partial charge in [-0.05, 0) is 143 Å². The number of benzene rings is 5. The van der Waals surface area contributed by atoms with Crippen molar-refractivity contribution in [3.05, 3.63) is 111 Å². The average molecular weight is 681 g/mol. The molecule has 0 saturated heterocycles. The topological polar surface area (TPSA) is 9.86 Å². The van der Waals surface area contributed by atoms with E-state index in [4.69, 9.17) is 0 Å². The Kier molecular flexibility index (Phi) is 6.63. The van der Waals surface area contributed by atoms with E-state index in [0.29, 0.717) is 0 Å². The van der Waals surface area contributed by atoms with Crippen molar-refractivity contribution in [2.45, 2.75) is 113 Å². The molecule has 0 aliphatic carbocycles. The van der Waals surface area contributed by atoms with Crippen molar-refractivity contribution >= 4 is 50.5 Å². The number of aromatic nitrogens is 2. The van der Waals surface area contributed by atoms with Crippen molar-refractivity contribution in [2.75, 3.05) is 0 Å². The first kappa shape index (κ1) is 33.3. The highest BCUT2D eigenvalue weighted by Crippen LogP contribution is 2.48. The highest BCUT2D eigenvalue weighted by atomic mass is 15.0. The van der Waals surface area contributed by atoms with Gasteiger partial charge < -0.3 is 9.05 Å². The summed E-state index contributed by atoms with van der Waals surface area (Å²) in [6, 6.07) is 27.1. The number of hydrogen-bond acceptors (Lipinski definition) is 0. The number of nitrogens with zero attached hydrogens (tertiary/aromatic N) is 2. The van der Waals surface area contributed by atoms with Gasteiger partial charge in [-0.2, -0.15) is 0 Å². The Morgan fingerprint density at radius 1 is 0.500 bits per heavy atom. The van der Waals surface area contributed by atoms with Crippen LogP contribution in [-0.4, -0.2) is 15.9 Å². The molecule has 9 rings (SSSR count). The van der Waals surface area contributed by atoms with Gasteiger partial charge in [-0.3, -0.25) is 0 Å². The predicted octanol–water partition coefficient (Wildman–Crippen LogP) is 11.8. The van der Waals surface area contributed by atoms with Crippen LogP contribution in [0.15, 0.2) is 66.7 Å². The second kappa shape index (κ2) is 10.3. The van der Waals surface area contributed by atoms with Crippen LogP contribution in [0.25, 0.3) is 60.6 Å². The summed E-state index contributed by atoms with van der Waals surface area (Å²) >= 11 is 0. The van der Waals surface area contributed by atoms with E-state index in [2.05, 4.69) is 173 Å². The van der Waals surface area contributed by atoms with Gasteiger partial charge in [0, 0.05) is 44.2 Å². The molecule has 2 nitrogen and oxygen atoms in total. The fourth-order valence-corrected chi connectivity index (χ4v) is 9.85. The largest absolute Gasteiger partial charge is 0.379 e. The third-order valence-corrected chi connectivity index (χ3v) is 12.4. The van der Waals surface area contributed by atoms with E-state index >= 15 is 0 Å². The molecule has 0 unspecified atom stereocenters. The average Bonchev–Trinajstić information content (AvgIpc) is 3.51. The highest BCUT2D eigenvalue weighted by molar-refractivity contribution is 6.89. The van der Waals surface area contributed by atoms with E-state index in [1.165, 1.54) is 116 Å². The molecule has 4 heterocycles. The standard InChI is InChI=1S/C49H53BN2/c1-26-17-28(3)42(29(4)18-26)43-30(5)52-45-37(22-32(24-38(43)45)48(9,10)11)35-19-27(2)20-41-44(35)50(52)39-25-33(49(12,13)14)23-36-34-21-31(47(6,7)8)15-16-40(34)51(41)46(36)39/h15-25H,1-14H3. The zero-order chi connectivity index (χ0) is 37.1. The molecule has 0 bridgehead atoms. The summed E-state index contributed by atoms with van der Waals surface area (Å²) < 4.78 is 5.39. The van der Waals surface area contributed by atoms with Crippen LogP contribution in [0.5, 0.6) is 0 Å². The second-order valence-corrected chi connectivity index (χ2v) is 19.5. The SMILES string of the molecule is Cc1cc(C)c(-c2c(C)n3c4c(cc(C(C)(C)C)cc24)-c2cc(C)cc4c2B3c2cc(C(C)(C)C)cc3c5cc(C(C)(C)C)ccc5n-4c23)c(C)c1. The maximum atomic E-state index is 2.76. The molecule has 0 spiro atoms. The first-order chi connectivity index (χ1) is 24.3. The van der Waals surface area contributed by atoms with Gasteiger partial charge in [-0.25, -0.2) is 0 Å². The third kappa shape index (κ3) is 4.44. The maximum Gasteiger partial charge on any atom is 0.332 e. The molecule has 5 aromatic carbocycles. The minimum absolute atomic E-state index is 0.00215. The quantitative estimate of drug-likeness (QED) is 0.153. The van der Waals surface area contributed by atoms with Crippen molar-refractivity contribution in [3.63, 3.8) is 0 Å². The number of rotatable bonds is 1. The molecule has 2 aliphatic rings. The van der Waals surface area contributed by atoms with Crippen LogP contribution in [0, 0.1) is 34.6 Å². The van der Waals surface area contributed by atoms with Crippen molar-refractivity contribution < 1.29 is 0 Å². The first-order valence-electron chi connectivity index (χ1n) is 19.3. The smallest absolute Gasteiger partial charge is 0.332 e. The van der Waals surface area contributed by atoms with Gasteiger partial charge in [-0.1, -0.05) is 98.2 Å². The lowest BCUT2D eigenvalue weighted by Crippen LogP contribution is -2.56. The summed E-state index contributed by atoms with van der Waals surface area (Å²) in [6.07, 6.45) is 0. The van der Waals surface area contributed by atoms with Gasteiger partial charge in [0.2, 0.25) is 0 Å². The molecule has 262 valence electrons. The van der Waals surface area contributed by atoms with Gasteiger partial charge in [0.05, 0.1) is 11.0 Å². The van der Waals surface area contributed by atoms with Crippen molar-refractivity contribution in [1.82, 2.24) is 9.05 Å². The number of hydrogen-bond donors (Lipinski definition) is 0. The molecule has 0 saturated carbocycles. The monoisotopic (exact) mass is 680 g/mol. The molecule has 2 aliphatic heterocycles. The van der Waals surface area contributed by atoms with E-state index in [-0.39, 0.29) is 23.1 Å². The van der Waals surface area contributed by atoms with Gasteiger partial charge in [0.25, 0.3) is 0 Å². The molecule has 3 heteroatoms. The number of aryl methyl sites for hydroxylation is 4. The lowest BCUT2D eigenvalue weighted by molar-refractivity contribution is 0.590. The number of fused-ring (bicyclic) bond motifs is 7. The zero-order valence-corrected chi connectivity index (χ0v) is 33.8. The molecule has 52 heavy (non-hydrogen) atoms. The molecular weight excluding hydrogens is 627 g/mol. The van der Waals surface area contributed by atoms with Crippen LogP contribution in [0.2, 0.25) is 0 Å². The van der Waals surface area contributed by atoms with Crippen LogP contribution in [0.3, 0.4) is 0 Å². The maximum absolute atomic E-state index is 2.76. The van der Waals surface area contributed by atoms with Crippen molar-refractivity contribution in [3.8, 4) is 27.9 Å². The van der Waals surface area contributed by atoms with E-state index in [9.17, 15) is 0 Å². The highest BCUT2D eigenvalue weighted by Gasteiger charge is 2.43. The summed E-state index contributed by atoms with van der Waals surface area (Å²) in [5.41, 5.74) is 24.7. The van der Waals surface area contributed by atoms with Crippen LogP contribution in [0.1, 0.15) is 107 Å². The zero-order valence-electron chi connectivity index (χ0n) is 33.8. The Balaban J connectivity index is 1.52. The van der Waals surface area contributed by atoms with E-state index in [0.717, 1.165) is 0 Å². The summed E-state index contributed by atoms with van der Waals surface area (Å²) in [7, 11) is 0. The van der Waals surface area contributed by atoms with E-state index < -0.39 is 0 Å². The Hall–Kier alpha value is -4.50. The fourth-order valence-electron chi connectivity index (χ4n) is 9.85. The van der Waals surface area contributed by atoms with Crippen LogP contribution in [-0.2, 0) is 16.2 Å². The van der Waals surface area contributed by atoms with Crippen molar-refractivity contribution in [1.29, 1.82) is 0 Å². The van der Waals surface area contributed by atoms with E-state index in [1.807, 2.05) is 0 Å². The summed E-state index contributed by atoms with van der Waals surface area (Å²) in [6.45, 7) is 32.8. The summed E-state index contributed by atoms with van der Waals surface area (Å²) in [5, 5.41) is 4.11. The molecule has 0 N–H and O–H groups in total. The molecule has 0 atom stereocenters. The molecule has 7 aromatic rings. The minimum Gasteiger partial charge on any atom is -0.379 e. The molecule has 0 radical (unpaired) electrons. The normalized spacial score (nSPS) is 13.9. The molecular formula is C49H53BN2. The van der Waals surface area contributed by atoms with Gasteiger partial charge >= 0.3 is 6.85 Å².